The van der Waals surface area contributed by atoms with Gasteiger partial charge in [0.15, 0.2) is 5.69 Å². The third-order valence-electron chi connectivity index (χ3n) is 5.98. The van der Waals surface area contributed by atoms with Gasteiger partial charge in [-0.05, 0) is 43.1 Å². The molecular weight excluding hydrogens is 344 g/mol. The number of rotatable bonds is 4. The lowest BCUT2D eigenvalue weighted by Gasteiger charge is -2.21. The average molecular weight is 368 g/mol. The van der Waals surface area contributed by atoms with Gasteiger partial charge in [0.2, 0.25) is 5.91 Å². The van der Waals surface area contributed by atoms with Crippen LogP contribution in [-0.2, 0) is 4.79 Å². The molecule has 1 heterocycles. The average Bonchev–Trinajstić information content (AvgIpc) is 3.26. The summed E-state index contributed by atoms with van der Waals surface area (Å²) in [5.74, 6) is 1.25. The molecule has 1 aromatic heterocycles. The number of carbonyl (C=O) groups is 2. The van der Waals surface area contributed by atoms with E-state index in [1.165, 1.54) is 24.2 Å². The molecule has 1 N–H and O–H groups in total. The van der Waals surface area contributed by atoms with E-state index in [4.69, 9.17) is 0 Å². The highest BCUT2D eigenvalue weighted by molar-refractivity contribution is 6.04. The van der Waals surface area contributed by atoms with Crippen molar-refractivity contribution in [2.45, 2.75) is 32.1 Å². The first-order valence-corrected chi connectivity index (χ1v) is 9.47. The van der Waals surface area contributed by atoms with Gasteiger partial charge in [0.05, 0.1) is 5.39 Å². The molecule has 1 aromatic carbocycles. The first-order valence-electron chi connectivity index (χ1n) is 9.47. The monoisotopic (exact) mass is 368 g/mol. The van der Waals surface area contributed by atoms with Crippen LogP contribution in [0.5, 0.6) is 0 Å². The van der Waals surface area contributed by atoms with Crippen LogP contribution in [0.1, 0.15) is 42.6 Å². The molecule has 7 heteroatoms. The minimum atomic E-state index is -0.429. The number of aromatic nitrogens is 2. The van der Waals surface area contributed by atoms with Crippen molar-refractivity contribution in [2.75, 3.05) is 19.5 Å². The van der Waals surface area contributed by atoms with E-state index in [9.17, 15) is 14.4 Å². The molecule has 142 valence electrons. The second-order valence-electron chi connectivity index (χ2n) is 7.98. The Morgan fingerprint density at radius 3 is 2.56 bits per heavy atom. The maximum atomic E-state index is 12.7. The van der Waals surface area contributed by atoms with Gasteiger partial charge in [-0.1, -0.05) is 24.6 Å². The van der Waals surface area contributed by atoms with Crippen LogP contribution < -0.4 is 11.0 Å². The Kier molecular flexibility index (Phi) is 4.45. The molecule has 2 amide bonds. The predicted molar refractivity (Wildman–Crippen MR) is 102 cm³/mol. The minimum absolute atomic E-state index is 0.149. The molecule has 0 spiro atoms. The summed E-state index contributed by atoms with van der Waals surface area (Å²) in [4.78, 5) is 40.1. The van der Waals surface area contributed by atoms with E-state index in [2.05, 4.69) is 10.5 Å². The van der Waals surface area contributed by atoms with Gasteiger partial charge >= 0.3 is 0 Å². The Morgan fingerprint density at radius 2 is 1.93 bits per heavy atom. The quantitative estimate of drug-likeness (QED) is 0.894. The molecule has 7 nitrogen and oxygen atoms in total. The van der Waals surface area contributed by atoms with Gasteiger partial charge in [-0.2, -0.15) is 0 Å². The first kappa shape index (κ1) is 17.7. The Bertz CT molecular complexity index is 965. The van der Waals surface area contributed by atoms with Gasteiger partial charge in [0.1, 0.15) is 0 Å². The molecule has 2 aliphatic rings. The SMILES string of the molecule is CN(C)C(=O)c1nn(NC(=O)CC2CC3CCC2C3)c(=O)c2ccccc12. The third-order valence-corrected chi connectivity index (χ3v) is 5.98. The molecule has 0 aliphatic heterocycles. The van der Waals surface area contributed by atoms with Crippen molar-refractivity contribution in [1.82, 2.24) is 14.8 Å². The van der Waals surface area contributed by atoms with Crippen LogP contribution in [0, 0.1) is 17.8 Å². The number of nitrogens with one attached hydrogen (secondary N) is 1. The minimum Gasteiger partial charge on any atom is -0.343 e. The molecule has 3 unspecified atom stereocenters. The maximum Gasteiger partial charge on any atom is 0.294 e. The summed E-state index contributed by atoms with van der Waals surface area (Å²) in [7, 11) is 3.25. The standard InChI is InChI=1S/C20H24N4O3/c1-23(2)20(27)18-15-5-3-4-6-16(15)19(26)24(22-18)21-17(25)11-14-10-12-7-8-13(14)9-12/h3-6,12-14H,7-11H2,1-2H3,(H,21,25). The van der Waals surface area contributed by atoms with E-state index < -0.39 is 5.56 Å². The Balaban J connectivity index is 1.63. The van der Waals surface area contributed by atoms with Crippen LogP contribution in [-0.4, -0.2) is 40.7 Å². The summed E-state index contributed by atoms with van der Waals surface area (Å²) in [5, 5.41) is 5.01. The van der Waals surface area contributed by atoms with Crippen LogP contribution in [0.25, 0.3) is 10.8 Å². The van der Waals surface area contributed by atoms with E-state index in [0.29, 0.717) is 29.0 Å². The summed E-state index contributed by atoms with van der Waals surface area (Å²) in [6, 6.07) is 6.83. The molecule has 0 radical (unpaired) electrons. The van der Waals surface area contributed by atoms with Gasteiger partial charge in [-0.3, -0.25) is 14.4 Å². The van der Waals surface area contributed by atoms with Crippen LogP contribution in [0.15, 0.2) is 29.1 Å². The highest BCUT2D eigenvalue weighted by Gasteiger charge is 2.40. The summed E-state index contributed by atoms with van der Waals surface area (Å²) in [6.45, 7) is 0. The molecule has 3 atom stereocenters. The van der Waals surface area contributed by atoms with Crippen molar-refractivity contribution >= 4 is 22.6 Å². The number of amides is 2. The number of benzene rings is 1. The fourth-order valence-corrected chi connectivity index (χ4v) is 4.66. The zero-order chi connectivity index (χ0) is 19.1. The molecule has 2 bridgehead atoms. The molecule has 0 saturated heterocycles. The fraction of sp³-hybridized carbons (Fsp3) is 0.500. The number of carbonyl (C=O) groups excluding carboxylic acids is 2. The summed E-state index contributed by atoms with van der Waals surface area (Å²) in [5.41, 5.74) is 2.33. The fourth-order valence-electron chi connectivity index (χ4n) is 4.66. The zero-order valence-electron chi connectivity index (χ0n) is 15.6. The molecule has 2 aliphatic carbocycles. The van der Waals surface area contributed by atoms with E-state index >= 15 is 0 Å². The summed E-state index contributed by atoms with van der Waals surface area (Å²) in [6.07, 6.45) is 5.22. The van der Waals surface area contributed by atoms with Crippen molar-refractivity contribution in [3.8, 4) is 0 Å². The van der Waals surface area contributed by atoms with Crippen molar-refractivity contribution in [3.63, 3.8) is 0 Å². The van der Waals surface area contributed by atoms with E-state index in [1.807, 2.05) is 0 Å². The van der Waals surface area contributed by atoms with Crippen LogP contribution in [0.2, 0.25) is 0 Å². The highest BCUT2D eigenvalue weighted by atomic mass is 16.2. The van der Waals surface area contributed by atoms with Gasteiger partial charge in [0, 0.05) is 25.9 Å². The maximum absolute atomic E-state index is 12.7. The van der Waals surface area contributed by atoms with Gasteiger partial charge in [-0.15, -0.1) is 9.89 Å². The van der Waals surface area contributed by atoms with E-state index in [0.717, 1.165) is 17.1 Å². The van der Waals surface area contributed by atoms with Crippen LogP contribution >= 0.6 is 0 Å². The van der Waals surface area contributed by atoms with Crippen LogP contribution in [0.4, 0.5) is 0 Å². The second-order valence-corrected chi connectivity index (χ2v) is 7.98. The Morgan fingerprint density at radius 1 is 1.19 bits per heavy atom. The zero-order valence-corrected chi connectivity index (χ0v) is 15.6. The van der Waals surface area contributed by atoms with Gasteiger partial charge in [-0.25, -0.2) is 5.43 Å². The lowest BCUT2D eigenvalue weighted by Crippen LogP contribution is -2.38. The summed E-state index contributed by atoms with van der Waals surface area (Å²) >= 11 is 0. The first-order chi connectivity index (χ1) is 12.9. The Hall–Kier alpha value is -2.70. The smallest absolute Gasteiger partial charge is 0.294 e. The molecule has 2 fully saturated rings. The number of fused-ring (bicyclic) bond motifs is 3. The van der Waals surface area contributed by atoms with Crippen molar-refractivity contribution < 1.29 is 9.59 Å². The van der Waals surface area contributed by atoms with Gasteiger partial charge in [0.25, 0.3) is 11.5 Å². The van der Waals surface area contributed by atoms with Crippen LogP contribution in [0.3, 0.4) is 0 Å². The molecule has 2 aromatic rings. The van der Waals surface area contributed by atoms with Crippen molar-refractivity contribution in [3.05, 3.63) is 40.3 Å². The van der Waals surface area contributed by atoms with E-state index in [-0.39, 0.29) is 17.5 Å². The second kappa shape index (κ2) is 6.79. The number of hydrogen-bond donors (Lipinski definition) is 1. The lowest BCUT2D eigenvalue weighted by molar-refractivity contribution is -0.118. The summed E-state index contributed by atoms with van der Waals surface area (Å²) < 4.78 is 0. The third kappa shape index (κ3) is 3.22. The normalized spacial score (nSPS) is 23.6. The van der Waals surface area contributed by atoms with Crippen molar-refractivity contribution in [2.24, 2.45) is 17.8 Å². The Labute approximate surface area is 157 Å². The van der Waals surface area contributed by atoms with Gasteiger partial charge < -0.3 is 4.90 Å². The topological polar surface area (TPSA) is 84.3 Å². The number of nitrogens with zero attached hydrogens (tertiary/aromatic N) is 3. The molecule has 27 heavy (non-hydrogen) atoms. The lowest BCUT2D eigenvalue weighted by atomic mass is 9.86. The van der Waals surface area contributed by atoms with Crippen molar-refractivity contribution in [1.29, 1.82) is 0 Å². The van der Waals surface area contributed by atoms with E-state index in [1.54, 1.807) is 38.4 Å². The number of hydrogen-bond acceptors (Lipinski definition) is 4. The predicted octanol–water partition coefficient (Wildman–Crippen LogP) is 1.99. The molecule has 4 rings (SSSR count). The molecule has 2 saturated carbocycles. The molecular formula is C20H24N4O3. The largest absolute Gasteiger partial charge is 0.343 e. The highest BCUT2D eigenvalue weighted by Crippen LogP contribution is 2.49.